The van der Waals surface area contributed by atoms with Crippen molar-refractivity contribution in [3.63, 3.8) is 0 Å². The highest BCUT2D eigenvalue weighted by Gasteiger charge is 2.15. The molecule has 0 aliphatic heterocycles. The Morgan fingerprint density at radius 2 is 1.88 bits per heavy atom. The Kier molecular flexibility index (Phi) is 5.59. The van der Waals surface area contributed by atoms with Crippen LogP contribution < -0.4 is 14.3 Å². The number of thiazole rings is 1. The molecule has 3 aromatic rings. The highest BCUT2D eigenvalue weighted by atomic mass is 35.5. The lowest BCUT2D eigenvalue weighted by molar-refractivity contribution is 0.290. The lowest BCUT2D eigenvalue weighted by Crippen LogP contribution is -2.01. The summed E-state index contributed by atoms with van der Waals surface area (Å²) >= 11 is 7.63. The van der Waals surface area contributed by atoms with Crippen LogP contribution in [0.15, 0.2) is 35.7 Å². The molecule has 0 amide bonds. The Morgan fingerprint density at radius 3 is 2.50 bits per heavy atom. The Hall–Kier alpha value is -2.78. The monoisotopic (exact) mass is 391 g/mol. The molecule has 0 spiro atoms. The van der Waals surface area contributed by atoms with Gasteiger partial charge in [0.15, 0.2) is 0 Å². The maximum atomic E-state index is 6.24. The minimum Gasteiger partial charge on any atom is -0.481 e. The van der Waals surface area contributed by atoms with E-state index in [1.54, 1.807) is 19.3 Å². The summed E-state index contributed by atoms with van der Waals surface area (Å²) in [7, 11) is 2.97. The number of hydrogen-bond acceptors (Lipinski definition) is 9. The van der Waals surface area contributed by atoms with Crippen LogP contribution in [-0.2, 0) is 0 Å². The average Bonchev–Trinajstić information content (AvgIpc) is 3.08. The molecule has 10 heteroatoms. The van der Waals surface area contributed by atoms with Crippen LogP contribution in [0.1, 0.15) is 11.8 Å². The van der Waals surface area contributed by atoms with E-state index in [1.807, 2.05) is 12.1 Å². The van der Waals surface area contributed by atoms with Crippen molar-refractivity contribution in [1.29, 1.82) is 0 Å². The first-order valence-electron chi connectivity index (χ1n) is 7.36. The van der Waals surface area contributed by atoms with Crippen molar-refractivity contribution in [3.05, 3.63) is 40.6 Å². The van der Waals surface area contributed by atoms with Gasteiger partial charge >= 0.3 is 6.01 Å². The second-order valence-electron chi connectivity index (χ2n) is 4.88. The Bertz CT molecular complexity index is 911. The van der Waals surface area contributed by atoms with Gasteiger partial charge < -0.3 is 14.3 Å². The summed E-state index contributed by atoms with van der Waals surface area (Å²) in [6.07, 6.45) is 3.42. The van der Waals surface area contributed by atoms with E-state index in [2.05, 4.69) is 25.1 Å². The van der Waals surface area contributed by atoms with Crippen molar-refractivity contribution in [1.82, 2.24) is 19.9 Å². The van der Waals surface area contributed by atoms with Gasteiger partial charge in [-0.3, -0.25) is 4.98 Å². The zero-order valence-corrected chi connectivity index (χ0v) is 15.7. The maximum Gasteiger partial charge on any atom is 0.352 e. The van der Waals surface area contributed by atoms with Crippen molar-refractivity contribution in [2.24, 2.45) is 5.16 Å². The van der Waals surface area contributed by atoms with E-state index in [9.17, 15) is 0 Å². The number of hydrogen-bond donors (Lipinski definition) is 0. The minimum atomic E-state index is -0.00586. The van der Waals surface area contributed by atoms with Gasteiger partial charge in [-0.05, 0) is 19.1 Å². The van der Waals surface area contributed by atoms with Crippen LogP contribution in [-0.4, -0.2) is 39.9 Å². The van der Waals surface area contributed by atoms with E-state index >= 15 is 0 Å². The number of ether oxygens (including phenoxy) is 2. The zero-order valence-electron chi connectivity index (χ0n) is 14.1. The first-order chi connectivity index (χ1) is 12.6. The van der Waals surface area contributed by atoms with Crippen molar-refractivity contribution in [2.45, 2.75) is 6.92 Å². The van der Waals surface area contributed by atoms with E-state index in [-0.39, 0.29) is 6.01 Å². The SMILES string of the molecule is COc1cc(OC)nc(O/N=C(\C)c2sc(-c3cccnc3)nc2Cl)n1. The van der Waals surface area contributed by atoms with Crippen LogP contribution in [0.4, 0.5) is 0 Å². The maximum absolute atomic E-state index is 6.24. The van der Waals surface area contributed by atoms with Crippen LogP contribution in [0.5, 0.6) is 17.8 Å². The number of methoxy groups -OCH3 is 2. The Balaban J connectivity index is 1.83. The summed E-state index contributed by atoms with van der Waals surface area (Å²) in [5, 5.41) is 5.11. The van der Waals surface area contributed by atoms with E-state index in [0.29, 0.717) is 27.5 Å². The molecule has 0 aliphatic rings. The summed E-state index contributed by atoms with van der Waals surface area (Å²) in [4.78, 5) is 22.5. The summed E-state index contributed by atoms with van der Waals surface area (Å²) in [6.45, 7) is 1.75. The molecule has 0 N–H and O–H groups in total. The first-order valence-corrected chi connectivity index (χ1v) is 8.56. The standard InChI is InChI=1S/C16H14ClN5O3S/c1-9(22-25-16-19-11(23-2)7-12(20-16)24-3)13-14(17)21-15(26-13)10-5-4-6-18-8-10/h4-8H,1-3H3/b22-9+. The van der Waals surface area contributed by atoms with E-state index in [0.717, 1.165) is 10.6 Å². The molecule has 0 bridgehead atoms. The summed E-state index contributed by atoms with van der Waals surface area (Å²) in [6, 6.07) is 5.27. The fourth-order valence-electron chi connectivity index (χ4n) is 1.92. The molecule has 0 fully saturated rings. The molecule has 134 valence electrons. The fraction of sp³-hybridized carbons (Fsp3) is 0.188. The lowest BCUT2D eigenvalue weighted by atomic mass is 10.3. The Morgan fingerprint density at radius 1 is 1.15 bits per heavy atom. The van der Waals surface area contributed by atoms with Crippen molar-refractivity contribution in [3.8, 4) is 28.3 Å². The molecule has 0 radical (unpaired) electrons. The van der Waals surface area contributed by atoms with Gasteiger partial charge in [-0.15, -0.1) is 11.3 Å². The molecule has 0 atom stereocenters. The van der Waals surface area contributed by atoms with E-state index < -0.39 is 0 Å². The lowest BCUT2D eigenvalue weighted by Gasteiger charge is -2.04. The number of halogens is 1. The van der Waals surface area contributed by atoms with Gasteiger partial charge in [-0.25, -0.2) is 4.98 Å². The summed E-state index contributed by atoms with van der Waals surface area (Å²) < 4.78 is 10.1. The molecule has 0 saturated heterocycles. The summed E-state index contributed by atoms with van der Waals surface area (Å²) in [5.41, 5.74) is 1.41. The van der Waals surface area contributed by atoms with Crippen molar-refractivity contribution in [2.75, 3.05) is 14.2 Å². The van der Waals surface area contributed by atoms with Crippen LogP contribution in [0.2, 0.25) is 5.15 Å². The average molecular weight is 392 g/mol. The van der Waals surface area contributed by atoms with Gasteiger partial charge in [-0.1, -0.05) is 16.8 Å². The smallest absolute Gasteiger partial charge is 0.352 e. The quantitative estimate of drug-likeness (QED) is 0.469. The second-order valence-corrected chi connectivity index (χ2v) is 6.24. The molecule has 3 rings (SSSR count). The van der Waals surface area contributed by atoms with Crippen molar-refractivity contribution >= 4 is 28.6 Å². The van der Waals surface area contributed by atoms with Crippen LogP contribution in [0.3, 0.4) is 0 Å². The van der Waals surface area contributed by atoms with Gasteiger partial charge in [0.2, 0.25) is 11.8 Å². The number of rotatable bonds is 6. The van der Waals surface area contributed by atoms with Crippen LogP contribution in [0.25, 0.3) is 10.6 Å². The van der Waals surface area contributed by atoms with E-state index in [1.165, 1.54) is 31.6 Å². The van der Waals surface area contributed by atoms with Crippen LogP contribution in [0, 0.1) is 0 Å². The topological polar surface area (TPSA) is 91.6 Å². The highest BCUT2D eigenvalue weighted by molar-refractivity contribution is 7.17. The number of oxime groups is 1. The number of nitrogens with zero attached hydrogens (tertiary/aromatic N) is 5. The number of pyridine rings is 1. The van der Waals surface area contributed by atoms with Crippen LogP contribution >= 0.6 is 22.9 Å². The molecule has 0 saturated carbocycles. The third-order valence-corrected chi connectivity index (χ3v) is 4.76. The summed E-state index contributed by atoms with van der Waals surface area (Å²) in [5.74, 6) is 0.601. The third-order valence-electron chi connectivity index (χ3n) is 3.16. The highest BCUT2D eigenvalue weighted by Crippen LogP contribution is 2.31. The number of aromatic nitrogens is 4. The molecule has 26 heavy (non-hydrogen) atoms. The molecule has 0 aliphatic carbocycles. The fourth-order valence-corrected chi connectivity index (χ4v) is 3.19. The molecule has 0 aromatic carbocycles. The normalized spacial score (nSPS) is 11.3. The van der Waals surface area contributed by atoms with Gasteiger partial charge in [0.25, 0.3) is 0 Å². The molecule has 3 aromatic heterocycles. The van der Waals surface area contributed by atoms with Gasteiger partial charge in [-0.2, -0.15) is 9.97 Å². The zero-order chi connectivity index (χ0) is 18.5. The van der Waals surface area contributed by atoms with Gasteiger partial charge in [0.05, 0.1) is 30.9 Å². The predicted molar refractivity (Wildman–Crippen MR) is 98.3 cm³/mol. The predicted octanol–water partition coefficient (Wildman–Crippen LogP) is 3.47. The van der Waals surface area contributed by atoms with E-state index in [4.69, 9.17) is 25.9 Å². The Labute approximate surface area is 158 Å². The van der Waals surface area contributed by atoms with Crippen molar-refractivity contribution < 1.29 is 14.3 Å². The second kappa shape index (κ2) is 8.07. The minimum absolute atomic E-state index is 0.00586. The van der Waals surface area contributed by atoms with Gasteiger partial charge in [0.1, 0.15) is 10.2 Å². The first kappa shape index (κ1) is 18.0. The molecule has 0 unspecified atom stereocenters. The molecular formula is C16H14ClN5O3S. The third kappa shape index (κ3) is 4.06. The van der Waals surface area contributed by atoms with Gasteiger partial charge in [0, 0.05) is 18.0 Å². The molecule has 8 nitrogen and oxygen atoms in total. The molecular weight excluding hydrogens is 378 g/mol. The largest absolute Gasteiger partial charge is 0.481 e. The molecule has 3 heterocycles.